The molecule has 1 atom stereocenters. The van der Waals surface area contributed by atoms with Gasteiger partial charge in [-0.2, -0.15) is 13.2 Å². The minimum atomic E-state index is -4.72. The highest BCUT2D eigenvalue weighted by atomic mass is 32.2. The molecule has 0 fully saturated rings. The Morgan fingerprint density at radius 1 is 1.32 bits per heavy atom. The van der Waals surface area contributed by atoms with Gasteiger partial charge < -0.3 is 5.32 Å². The third kappa shape index (κ3) is 2.02. The summed E-state index contributed by atoms with van der Waals surface area (Å²) in [6.45, 7) is 0. The van der Waals surface area contributed by atoms with Crippen LogP contribution in [0, 0.1) is 5.82 Å². The number of alkyl halides is 3. The molecule has 8 heteroatoms. The molecule has 1 N–H and O–H groups in total. The molecule has 19 heavy (non-hydrogen) atoms. The number of hydrogen-bond acceptors (Lipinski definition) is 3. The first-order valence-corrected chi connectivity index (χ1v) is 7.08. The van der Waals surface area contributed by atoms with Gasteiger partial charge in [0.1, 0.15) is 11.4 Å². The maximum Gasteiger partial charge on any atom is 0.410 e. The van der Waals surface area contributed by atoms with E-state index in [0.29, 0.717) is 6.07 Å². The Labute approximate surface area is 107 Å². The molecule has 0 saturated carbocycles. The van der Waals surface area contributed by atoms with Crippen molar-refractivity contribution >= 4 is 9.84 Å². The third-order valence-corrected chi connectivity index (χ3v) is 5.16. The lowest BCUT2D eigenvalue weighted by atomic mass is 9.86. The lowest BCUT2D eigenvalue weighted by molar-refractivity contribution is -0.201. The van der Waals surface area contributed by atoms with Gasteiger partial charge in [0.05, 0.1) is 10.6 Å². The Balaban J connectivity index is 2.80. The van der Waals surface area contributed by atoms with E-state index in [1.54, 1.807) is 0 Å². The molecule has 1 heterocycles. The van der Waals surface area contributed by atoms with Crippen molar-refractivity contribution in [2.24, 2.45) is 0 Å². The molecule has 1 aromatic rings. The van der Waals surface area contributed by atoms with Gasteiger partial charge in [-0.25, -0.2) is 12.8 Å². The largest absolute Gasteiger partial charge is 0.410 e. The molecule has 2 rings (SSSR count). The number of benzene rings is 1. The standard InChI is InChI=1S/C11H11F4NO2S/c1-16-10(11(13,14)15)4-5-19(17,18)9-3-2-7(12)6-8(9)10/h2-3,6,16H,4-5H2,1H3. The van der Waals surface area contributed by atoms with Crippen molar-refractivity contribution in [1.82, 2.24) is 5.32 Å². The van der Waals surface area contributed by atoms with Crippen LogP contribution in [0.5, 0.6) is 0 Å². The zero-order valence-electron chi connectivity index (χ0n) is 9.88. The van der Waals surface area contributed by atoms with Crippen molar-refractivity contribution in [2.45, 2.75) is 23.0 Å². The Morgan fingerprint density at radius 2 is 1.95 bits per heavy atom. The molecular formula is C11H11F4NO2S. The normalized spacial score (nSPS) is 25.9. The van der Waals surface area contributed by atoms with E-state index in [2.05, 4.69) is 5.32 Å². The van der Waals surface area contributed by atoms with Gasteiger partial charge in [-0.05, 0) is 31.7 Å². The fraction of sp³-hybridized carbons (Fsp3) is 0.455. The van der Waals surface area contributed by atoms with Crippen LogP contribution in [-0.4, -0.2) is 27.4 Å². The molecule has 0 bridgehead atoms. The van der Waals surface area contributed by atoms with Gasteiger partial charge in [0.15, 0.2) is 9.84 Å². The summed E-state index contributed by atoms with van der Waals surface area (Å²) < 4.78 is 76.7. The smallest absolute Gasteiger partial charge is 0.303 e. The van der Waals surface area contributed by atoms with E-state index in [0.717, 1.165) is 19.2 Å². The molecule has 0 saturated heterocycles. The number of sulfone groups is 1. The minimum Gasteiger partial charge on any atom is -0.303 e. The van der Waals surface area contributed by atoms with Gasteiger partial charge in [-0.15, -0.1) is 0 Å². The van der Waals surface area contributed by atoms with Gasteiger partial charge in [0, 0.05) is 5.56 Å². The number of hydrogen-bond donors (Lipinski definition) is 1. The summed E-state index contributed by atoms with van der Waals surface area (Å²) in [4.78, 5) is -0.466. The maximum atomic E-state index is 13.3. The van der Waals surface area contributed by atoms with E-state index in [1.165, 1.54) is 0 Å². The summed E-state index contributed by atoms with van der Waals surface area (Å²) in [5.74, 6) is -1.54. The lowest BCUT2D eigenvalue weighted by Crippen LogP contribution is -2.55. The molecule has 1 aliphatic rings. The zero-order valence-corrected chi connectivity index (χ0v) is 10.7. The van der Waals surface area contributed by atoms with Crippen LogP contribution < -0.4 is 5.32 Å². The second-order valence-corrected chi connectivity index (χ2v) is 6.44. The van der Waals surface area contributed by atoms with Crippen LogP contribution in [0.4, 0.5) is 17.6 Å². The maximum absolute atomic E-state index is 13.3. The summed E-state index contributed by atoms with van der Waals surface area (Å²) in [6, 6.07) is 2.37. The van der Waals surface area contributed by atoms with Gasteiger partial charge in [0.2, 0.25) is 0 Å². The van der Waals surface area contributed by atoms with Gasteiger partial charge >= 0.3 is 6.18 Å². The SMILES string of the molecule is CNC1(C(F)(F)F)CCS(=O)(=O)c2ccc(F)cc21. The Kier molecular flexibility index (Phi) is 3.13. The van der Waals surface area contributed by atoms with Crippen LogP contribution in [0.1, 0.15) is 12.0 Å². The number of rotatable bonds is 1. The number of nitrogens with one attached hydrogen (secondary N) is 1. The van der Waals surface area contributed by atoms with Crippen molar-refractivity contribution in [3.63, 3.8) is 0 Å². The summed E-state index contributed by atoms with van der Waals surface area (Å²) in [5, 5.41) is 2.12. The Hall–Kier alpha value is -1.15. The number of halogens is 4. The van der Waals surface area contributed by atoms with Crippen molar-refractivity contribution in [2.75, 3.05) is 12.8 Å². The summed E-state index contributed by atoms with van der Waals surface area (Å²) >= 11 is 0. The summed E-state index contributed by atoms with van der Waals surface area (Å²) in [6.07, 6.45) is -5.40. The third-order valence-electron chi connectivity index (χ3n) is 3.39. The molecular weight excluding hydrogens is 286 g/mol. The Bertz CT molecular complexity index is 612. The first-order valence-electron chi connectivity index (χ1n) is 5.42. The highest BCUT2D eigenvalue weighted by Gasteiger charge is 2.58. The van der Waals surface area contributed by atoms with Gasteiger partial charge in [0.25, 0.3) is 0 Å². The predicted octanol–water partition coefficient (Wildman–Crippen LogP) is 1.98. The van der Waals surface area contributed by atoms with Crippen molar-refractivity contribution < 1.29 is 26.0 Å². The molecule has 1 aromatic carbocycles. The first kappa shape index (κ1) is 14.3. The quantitative estimate of drug-likeness (QED) is 0.637. The Morgan fingerprint density at radius 3 is 2.47 bits per heavy atom. The monoisotopic (exact) mass is 297 g/mol. The van der Waals surface area contributed by atoms with Crippen LogP contribution in [0.15, 0.2) is 23.1 Å². The van der Waals surface area contributed by atoms with Crippen LogP contribution in [0.3, 0.4) is 0 Å². The molecule has 0 radical (unpaired) electrons. The zero-order chi connectivity index (χ0) is 14.5. The molecule has 1 aliphatic heterocycles. The van der Waals surface area contributed by atoms with Gasteiger partial charge in [-0.3, -0.25) is 0 Å². The van der Waals surface area contributed by atoms with Gasteiger partial charge in [-0.1, -0.05) is 0 Å². The van der Waals surface area contributed by atoms with Crippen molar-refractivity contribution in [1.29, 1.82) is 0 Å². The fourth-order valence-corrected chi connectivity index (χ4v) is 3.97. The first-order chi connectivity index (χ1) is 8.64. The number of fused-ring (bicyclic) bond motifs is 1. The van der Waals surface area contributed by atoms with E-state index in [4.69, 9.17) is 0 Å². The van der Waals surface area contributed by atoms with Crippen LogP contribution in [0.2, 0.25) is 0 Å². The van der Waals surface area contributed by atoms with E-state index in [9.17, 15) is 26.0 Å². The molecule has 0 aromatic heterocycles. The second kappa shape index (κ2) is 4.17. The average molecular weight is 297 g/mol. The second-order valence-electron chi connectivity index (χ2n) is 4.36. The molecule has 0 aliphatic carbocycles. The molecule has 1 unspecified atom stereocenters. The summed E-state index contributed by atoms with van der Waals surface area (Å²) in [7, 11) is -2.72. The topological polar surface area (TPSA) is 46.2 Å². The lowest BCUT2D eigenvalue weighted by Gasteiger charge is -2.39. The van der Waals surface area contributed by atoms with Crippen LogP contribution >= 0.6 is 0 Å². The average Bonchev–Trinajstić information content (AvgIpc) is 2.27. The molecule has 106 valence electrons. The van der Waals surface area contributed by atoms with E-state index in [1.807, 2.05) is 0 Å². The van der Waals surface area contributed by atoms with E-state index in [-0.39, 0.29) is 0 Å². The van der Waals surface area contributed by atoms with E-state index < -0.39 is 50.0 Å². The molecule has 0 spiro atoms. The van der Waals surface area contributed by atoms with E-state index >= 15 is 0 Å². The predicted molar refractivity (Wildman–Crippen MR) is 59.9 cm³/mol. The molecule has 3 nitrogen and oxygen atoms in total. The highest BCUT2D eigenvalue weighted by Crippen LogP contribution is 2.47. The van der Waals surface area contributed by atoms with Crippen molar-refractivity contribution in [3.8, 4) is 0 Å². The highest BCUT2D eigenvalue weighted by molar-refractivity contribution is 7.91. The van der Waals surface area contributed by atoms with Crippen LogP contribution in [0.25, 0.3) is 0 Å². The fourth-order valence-electron chi connectivity index (χ4n) is 2.33. The molecule has 0 amide bonds. The van der Waals surface area contributed by atoms with Crippen LogP contribution in [-0.2, 0) is 15.4 Å². The van der Waals surface area contributed by atoms with Crippen molar-refractivity contribution in [3.05, 3.63) is 29.6 Å². The minimum absolute atomic E-state index is 0.466. The summed E-state index contributed by atoms with van der Waals surface area (Å²) in [5.41, 5.74) is -3.11.